The van der Waals surface area contributed by atoms with Gasteiger partial charge < -0.3 is 10.2 Å². The topological polar surface area (TPSA) is 49.4 Å². The zero-order chi connectivity index (χ0) is 12.0. The Hall–Kier alpha value is -1.06. The molecule has 1 heterocycles. The van der Waals surface area contributed by atoms with E-state index in [1.165, 1.54) is 0 Å². The molecule has 0 aromatic heterocycles. The molecule has 0 aromatic carbocycles. The van der Waals surface area contributed by atoms with Gasteiger partial charge in [0.05, 0.1) is 6.54 Å². The molecular weight excluding hydrogens is 204 g/mol. The predicted molar refractivity (Wildman–Crippen MR) is 62.9 cm³/mol. The summed E-state index contributed by atoms with van der Waals surface area (Å²) < 4.78 is 0. The highest BCUT2D eigenvalue weighted by atomic mass is 16.2. The SMILES string of the molecule is CCC(C)NC(=O)CN1CCCCCC1=O. The van der Waals surface area contributed by atoms with Gasteiger partial charge in [-0.15, -0.1) is 0 Å². The largest absolute Gasteiger partial charge is 0.352 e. The van der Waals surface area contributed by atoms with Gasteiger partial charge in [-0.1, -0.05) is 13.3 Å². The van der Waals surface area contributed by atoms with E-state index in [9.17, 15) is 9.59 Å². The molecule has 1 saturated heterocycles. The molecule has 4 heteroatoms. The Morgan fingerprint density at radius 3 is 2.88 bits per heavy atom. The van der Waals surface area contributed by atoms with E-state index in [0.29, 0.717) is 6.42 Å². The summed E-state index contributed by atoms with van der Waals surface area (Å²) in [5.41, 5.74) is 0. The number of likely N-dealkylation sites (tertiary alicyclic amines) is 1. The molecule has 1 aliphatic heterocycles. The summed E-state index contributed by atoms with van der Waals surface area (Å²) in [4.78, 5) is 25.0. The quantitative estimate of drug-likeness (QED) is 0.785. The van der Waals surface area contributed by atoms with Gasteiger partial charge in [0.1, 0.15) is 0 Å². The fraction of sp³-hybridized carbons (Fsp3) is 0.833. The van der Waals surface area contributed by atoms with Crippen molar-refractivity contribution in [2.75, 3.05) is 13.1 Å². The summed E-state index contributed by atoms with van der Waals surface area (Å²) in [7, 11) is 0. The van der Waals surface area contributed by atoms with Gasteiger partial charge in [-0.25, -0.2) is 0 Å². The van der Waals surface area contributed by atoms with Crippen LogP contribution >= 0.6 is 0 Å². The summed E-state index contributed by atoms with van der Waals surface area (Å²) >= 11 is 0. The van der Waals surface area contributed by atoms with Gasteiger partial charge in [0.2, 0.25) is 11.8 Å². The van der Waals surface area contributed by atoms with E-state index >= 15 is 0 Å². The van der Waals surface area contributed by atoms with Gasteiger partial charge in [0.15, 0.2) is 0 Å². The summed E-state index contributed by atoms with van der Waals surface area (Å²) in [6, 6.07) is 0.189. The fourth-order valence-electron chi connectivity index (χ4n) is 1.80. The molecule has 2 amide bonds. The smallest absolute Gasteiger partial charge is 0.239 e. The van der Waals surface area contributed by atoms with Crippen molar-refractivity contribution in [1.82, 2.24) is 10.2 Å². The minimum absolute atomic E-state index is 0.0374. The third-order valence-corrected chi connectivity index (χ3v) is 3.03. The van der Waals surface area contributed by atoms with E-state index in [4.69, 9.17) is 0 Å². The summed E-state index contributed by atoms with van der Waals surface area (Å²) in [6.45, 7) is 4.96. The first kappa shape index (κ1) is 13.0. The van der Waals surface area contributed by atoms with Crippen LogP contribution in [0.2, 0.25) is 0 Å². The maximum absolute atomic E-state index is 11.7. The van der Waals surface area contributed by atoms with E-state index in [-0.39, 0.29) is 24.4 Å². The van der Waals surface area contributed by atoms with Crippen molar-refractivity contribution in [3.05, 3.63) is 0 Å². The highest BCUT2D eigenvalue weighted by Crippen LogP contribution is 2.10. The van der Waals surface area contributed by atoms with Crippen molar-refractivity contribution in [3.63, 3.8) is 0 Å². The van der Waals surface area contributed by atoms with Gasteiger partial charge in [-0.2, -0.15) is 0 Å². The van der Waals surface area contributed by atoms with E-state index in [1.807, 2.05) is 13.8 Å². The second-order valence-electron chi connectivity index (χ2n) is 4.50. The number of rotatable bonds is 4. The third kappa shape index (κ3) is 4.21. The normalized spacial score (nSPS) is 19.1. The van der Waals surface area contributed by atoms with Crippen LogP contribution in [0.5, 0.6) is 0 Å². The summed E-state index contributed by atoms with van der Waals surface area (Å²) in [6.07, 6.45) is 4.58. The van der Waals surface area contributed by atoms with Crippen molar-refractivity contribution >= 4 is 11.8 Å². The van der Waals surface area contributed by atoms with Crippen LogP contribution in [0.4, 0.5) is 0 Å². The Morgan fingerprint density at radius 2 is 2.19 bits per heavy atom. The lowest BCUT2D eigenvalue weighted by atomic mass is 10.2. The third-order valence-electron chi connectivity index (χ3n) is 3.03. The fourth-order valence-corrected chi connectivity index (χ4v) is 1.80. The van der Waals surface area contributed by atoms with Crippen LogP contribution in [0, 0.1) is 0 Å². The van der Waals surface area contributed by atoms with Crippen LogP contribution < -0.4 is 5.32 Å². The van der Waals surface area contributed by atoms with Crippen molar-refractivity contribution in [2.24, 2.45) is 0 Å². The first-order chi connectivity index (χ1) is 7.63. The van der Waals surface area contributed by atoms with Crippen LogP contribution in [0.3, 0.4) is 0 Å². The molecule has 1 fully saturated rings. The van der Waals surface area contributed by atoms with Crippen LogP contribution in [0.15, 0.2) is 0 Å². The summed E-state index contributed by atoms with van der Waals surface area (Å²) in [5.74, 6) is 0.0846. The molecular formula is C12H22N2O2. The Kier molecular flexibility index (Phi) is 5.29. The van der Waals surface area contributed by atoms with Crippen molar-refractivity contribution in [3.8, 4) is 0 Å². The number of nitrogens with one attached hydrogen (secondary N) is 1. The highest BCUT2D eigenvalue weighted by molar-refractivity contribution is 5.85. The average molecular weight is 226 g/mol. The van der Waals surface area contributed by atoms with Crippen molar-refractivity contribution < 1.29 is 9.59 Å². The molecule has 1 rings (SSSR count). The molecule has 0 radical (unpaired) electrons. The Balaban J connectivity index is 2.39. The van der Waals surface area contributed by atoms with Gasteiger partial charge in [-0.05, 0) is 26.2 Å². The number of carbonyl (C=O) groups excluding carboxylic acids is 2. The Morgan fingerprint density at radius 1 is 1.44 bits per heavy atom. The van der Waals surface area contributed by atoms with Gasteiger partial charge in [0, 0.05) is 19.0 Å². The van der Waals surface area contributed by atoms with Gasteiger partial charge in [0.25, 0.3) is 0 Å². The lowest BCUT2D eigenvalue weighted by Gasteiger charge is -2.21. The van der Waals surface area contributed by atoms with Crippen LogP contribution in [-0.4, -0.2) is 35.8 Å². The molecule has 1 N–H and O–H groups in total. The van der Waals surface area contributed by atoms with Gasteiger partial charge in [-0.3, -0.25) is 9.59 Å². The van der Waals surface area contributed by atoms with Gasteiger partial charge >= 0.3 is 0 Å². The van der Waals surface area contributed by atoms with E-state index in [2.05, 4.69) is 5.32 Å². The molecule has 0 aromatic rings. The van der Waals surface area contributed by atoms with Crippen molar-refractivity contribution in [1.29, 1.82) is 0 Å². The monoisotopic (exact) mass is 226 g/mol. The number of carbonyl (C=O) groups is 2. The molecule has 0 spiro atoms. The molecule has 16 heavy (non-hydrogen) atoms. The minimum Gasteiger partial charge on any atom is -0.352 e. The molecule has 0 saturated carbocycles. The maximum atomic E-state index is 11.7. The zero-order valence-electron chi connectivity index (χ0n) is 10.3. The van der Waals surface area contributed by atoms with E-state index in [0.717, 1.165) is 32.2 Å². The average Bonchev–Trinajstić information content (AvgIpc) is 2.44. The highest BCUT2D eigenvalue weighted by Gasteiger charge is 2.19. The zero-order valence-corrected chi connectivity index (χ0v) is 10.3. The Bertz CT molecular complexity index is 253. The standard InChI is InChI=1S/C12H22N2O2/c1-3-10(2)13-11(15)9-14-8-6-4-5-7-12(14)16/h10H,3-9H2,1-2H3,(H,13,15). The molecule has 1 aliphatic rings. The van der Waals surface area contributed by atoms with Crippen molar-refractivity contribution in [2.45, 2.75) is 52.0 Å². The van der Waals surface area contributed by atoms with E-state index < -0.39 is 0 Å². The molecule has 0 aliphatic carbocycles. The first-order valence-electron chi connectivity index (χ1n) is 6.20. The molecule has 92 valence electrons. The molecule has 1 atom stereocenters. The summed E-state index contributed by atoms with van der Waals surface area (Å²) in [5, 5.41) is 2.88. The number of amides is 2. The lowest BCUT2D eigenvalue weighted by Crippen LogP contribution is -2.43. The van der Waals surface area contributed by atoms with E-state index in [1.54, 1.807) is 4.90 Å². The minimum atomic E-state index is -0.0374. The lowest BCUT2D eigenvalue weighted by molar-refractivity contribution is -0.135. The van der Waals surface area contributed by atoms with Crippen LogP contribution in [-0.2, 0) is 9.59 Å². The second-order valence-corrected chi connectivity index (χ2v) is 4.50. The molecule has 4 nitrogen and oxygen atoms in total. The maximum Gasteiger partial charge on any atom is 0.239 e. The number of nitrogens with zero attached hydrogens (tertiary/aromatic N) is 1. The predicted octanol–water partition coefficient (Wildman–Crippen LogP) is 1.30. The number of hydrogen-bond donors (Lipinski definition) is 1. The molecule has 0 bridgehead atoms. The number of hydrogen-bond acceptors (Lipinski definition) is 2. The molecule has 1 unspecified atom stereocenters. The second kappa shape index (κ2) is 6.51. The van der Waals surface area contributed by atoms with Crippen LogP contribution in [0.1, 0.15) is 46.0 Å². The van der Waals surface area contributed by atoms with Crippen LogP contribution in [0.25, 0.3) is 0 Å². The Labute approximate surface area is 97.4 Å². The first-order valence-corrected chi connectivity index (χ1v) is 6.20.